The molecule has 0 aliphatic heterocycles. The van der Waals surface area contributed by atoms with Crippen LogP contribution >= 0.6 is 0 Å². The van der Waals surface area contributed by atoms with Crippen LogP contribution in [0.4, 0.5) is 4.39 Å². The number of rotatable bonds is 8. The molecule has 118 valence electrons. The summed E-state index contributed by atoms with van der Waals surface area (Å²) in [6, 6.07) is 0. The second-order valence-electron chi connectivity index (χ2n) is 5.11. The Bertz CT molecular complexity index is 603. The standard InChI is InChI=1S/C12H21B4FO4S/c13-3-7-9(5-15)12(21-1-2-22(18,19)20)10(6-16)8(4-14)11(7)17/h1-6,13-16H2,(H,18,19,20). The summed E-state index contributed by atoms with van der Waals surface area (Å²) in [5, 5.41) is 0. The van der Waals surface area contributed by atoms with Gasteiger partial charge in [0, 0.05) is 0 Å². The van der Waals surface area contributed by atoms with Crippen LogP contribution in [0, 0.1) is 5.82 Å². The van der Waals surface area contributed by atoms with Gasteiger partial charge in [-0.2, -0.15) is 8.42 Å². The van der Waals surface area contributed by atoms with Crippen molar-refractivity contribution >= 4 is 41.5 Å². The molecule has 22 heavy (non-hydrogen) atoms. The van der Waals surface area contributed by atoms with Crippen LogP contribution < -0.4 is 4.74 Å². The fraction of sp³-hybridized carbons (Fsp3) is 0.500. The highest BCUT2D eigenvalue weighted by Gasteiger charge is 2.21. The molecule has 0 atom stereocenters. The lowest BCUT2D eigenvalue weighted by Gasteiger charge is -2.22. The number of hydrogen-bond acceptors (Lipinski definition) is 3. The van der Waals surface area contributed by atoms with Gasteiger partial charge < -0.3 is 4.74 Å². The molecule has 0 unspecified atom stereocenters. The van der Waals surface area contributed by atoms with Gasteiger partial charge >= 0.3 is 0 Å². The van der Waals surface area contributed by atoms with Crippen LogP contribution in [-0.4, -0.2) is 56.7 Å². The number of hydrogen-bond donors (Lipinski definition) is 1. The minimum atomic E-state index is -4.07. The second kappa shape index (κ2) is 8.11. The molecule has 0 saturated heterocycles. The summed E-state index contributed by atoms with van der Waals surface area (Å²) in [6.07, 6.45) is 2.33. The number of ether oxygens (including phenoxy) is 1. The third kappa shape index (κ3) is 4.32. The van der Waals surface area contributed by atoms with Crippen molar-refractivity contribution in [3.05, 3.63) is 28.1 Å². The van der Waals surface area contributed by atoms with Crippen molar-refractivity contribution in [2.75, 3.05) is 12.4 Å². The lowest BCUT2D eigenvalue weighted by Crippen LogP contribution is -2.17. The van der Waals surface area contributed by atoms with E-state index in [-0.39, 0.29) is 12.4 Å². The zero-order valence-electron chi connectivity index (χ0n) is 13.7. The Hall–Kier alpha value is -0.880. The molecule has 0 amide bonds. The Morgan fingerprint density at radius 2 is 1.32 bits per heavy atom. The maximum absolute atomic E-state index is 14.7. The molecule has 1 aromatic rings. The van der Waals surface area contributed by atoms with E-state index in [1.54, 1.807) is 0 Å². The van der Waals surface area contributed by atoms with E-state index in [2.05, 4.69) is 0 Å². The Kier molecular flexibility index (Phi) is 7.06. The molecule has 0 spiro atoms. The highest BCUT2D eigenvalue weighted by molar-refractivity contribution is 7.85. The first kappa shape index (κ1) is 19.2. The SMILES string of the molecule is BCc1c(F)c(CB)c(CB)c(OCCS(=O)(=O)O)c1CB. The van der Waals surface area contributed by atoms with Gasteiger partial charge in [0.1, 0.15) is 55.3 Å². The lowest BCUT2D eigenvalue weighted by atomic mass is 9.77. The van der Waals surface area contributed by atoms with E-state index < -0.39 is 15.9 Å². The van der Waals surface area contributed by atoms with Crippen LogP contribution in [0.3, 0.4) is 0 Å². The van der Waals surface area contributed by atoms with Gasteiger partial charge in [-0.05, 0) is 22.3 Å². The van der Waals surface area contributed by atoms with Crippen molar-refractivity contribution in [2.45, 2.75) is 25.3 Å². The molecule has 0 aliphatic carbocycles. The fourth-order valence-electron chi connectivity index (χ4n) is 2.81. The minimum absolute atomic E-state index is 0.142. The summed E-state index contributed by atoms with van der Waals surface area (Å²) in [5.74, 6) is -0.0517. The van der Waals surface area contributed by atoms with E-state index in [9.17, 15) is 12.8 Å². The Labute approximate surface area is 135 Å². The fourth-order valence-corrected chi connectivity index (χ4v) is 3.11. The molecule has 0 fully saturated rings. The Morgan fingerprint density at radius 3 is 1.64 bits per heavy atom. The highest BCUT2D eigenvalue weighted by Crippen LogP contribution is 2.34. The summed E-state index contributed by atoms with van der Waals surface area (Å²) < 4.78 is 50.8. The molecule has 0 aromatic heterocycles. The first-order chi connectivity index (χ1) is 10.3. The topological polar surface area (TPSA) is 63.6 Å². The van der Waals surface area contributed by atoms with Crippen molar-refractivity contribution < 1.29 is 22.1 Å². The van der Waals surface area contributed by atoms with Crippen molar-refractivity contribution in [1.82, 2.24) is 0 Å². The van der Waals surface area contributed by atoms with Crippen LogP contribution in [-0.2, 0) is 35.4 Å². The first-order valence-electron chi connectivity index (χ1n) is 7.73. The summed E-state index contributed by atoms with van der Waals surface area (Å²) in [5.41, 5.74) is 2.87. The zero-order chi connectivity index (χ0) is 16.9. The lowest BCUT2D eigenvalue weighted by molar-refractivity contribution is 0.329. The molecule has 0 heterocycles. The molecule has 0 aliphatic rings. The number of halogens is 1. The van der Waals surface area contributed by atoms with Crippen LogP contribution in [0.1, 0.15) is 22.3 Å². The van der Waals surface area contributed by atoms with Gasteiger partial charge in [-0.25, -0.2) is 4.39 Å². The van der Waals surface area contributed by atoms with Crippen LogP contribution in [0.25, 0.3) is 0 Å². The summed E-state index contributed by atoms with van der Waals surface area (Å²) in [4.78, 5) is 0. The van der Waals surface area contributed by atoms with Gasteiger partial charge in [0.2, 0.25) is 0 Å². The van der Waals surface area contributed by atoms with E-state index in [1.165, 1.54) is 0 Å². The zero-order valence-corrected chi connectivity index (χ0v) is 14.5. The van der Waals surface area contributed by atoms with Crippen molar-refractivity contribution in [3.8, 4) is 5.75 Å². The second-order valence-corrected chi connectivity index (χ2v) is 6.68. The normalized spacial score (nSPS) is 11.5. The maximum atomic E-state index is 14.7. The molecular formula is C12H21B4FO4S. The quantitative estimate of drug-likeness (QED) is 0.429. The molecule has 0 saturated carbocycles. The van der Waals surface area contributed by atoms with Crippen LogP contribution in [0.2, 0.25) is 0 Å². The summed E-state index contributed by atoms with van der Waals surface area (Å²) in [7, 11) is 3.57. The highest BCUT2D eigenvalue weighted by atomic mass is 32.2. The van der Waals surface area contributed by atoms with E-state index >= 15 is 0 Å². The largest absolute Gasteiger partial charge is 0.492 e. The van der Waals surface area contributed by atoms with E-state index in [0.717, 1.165) is 11.1 Å². The van der Waals surface area contributed by atoms with Crippen molar-refractivity contribution in [3.63, 3.8) is 0 Å². The first-order valence-corrected chi connectivity index (χ1v) is 9.34. The molecule has 1 N–H and O–H groups in total. The van der Waals surface area contributed by atoms with Gasteiger partial charge in [-0.15, -0.1) is 0 Å². The van der Waals surface area contributed by atoms with Crippen molar-refractivity contribution in [1.29, 1.82) is 0 Å². The van der Waals surface area contributed by atoms with E-state index in [0.29, 0.717) is 42.2 Å². The average Bonchev–Trinajstić information content (AvgIpc) is 2.45. The van der Waals surface area contributed by atoms with E-state index in [4.69, 9.17) is 9.29 Å². The molecule has 10 heteroatoms. The van der Waals surface area contributed by atoms with Gasteiger partial charge in [-0.3, -0.25) is 4.55 Å². The Balaban J connectivity index is 3.38. The predicted molar refractivity (Wildman–Crippen MR) is 97.3 cm³/mol. The third-order valence-electron chi connectivity index (χ3n) is 3.81. The smallest absolute Gasteiger partial charge is 0.268 e. The molecule has 0 radical (unpaired) electrons. The third-order valence-corrected chi connectivity index (χ3v) is 4.49. The molecule has 0 bridgehead atoms. The summed E-state index contributed by atoms with van der Waals surface area (Å²) in [6.45, 7) is -0.142. The predicted octanol–water partition coefficient (Wildman–Crippen LogP) is -2.38. The van der Waals surface area contributed by atoms with Gasteiger partial charge in [0.05, 0.1) is 0 Å². The van der Waals surface area contributed by atoms with Gasteiger partial charge in [0.25, 0.3) is 10.1 Å². The van der Waals surface area contributed by atoms with Crippen LogP contribution in [0.15, 0.2) is 0 Å². The average molecular weight is 324 g/mol. The van der Waals surface area contributed by atoms with Gasteiger partial charge in [0.15, 0.2) is 0 Å². The minimum Gasteiger partial charge on any atom is -0.492 e. The molecule has 1 rings (SSSR count). The van der Waals surface area contributed by atoms with Gasteiger partial charge in [-0.1, -0.05) is 25.3 Å². The number of benzene rings is 1. The van der Waals surface area contributed by atoms with Crippen LogP contribution in [0.5, 0.6) is 5.75 Å². The molecule has 1 aromatic carbocycles. The monoisotopic (exact) mass is 324 g/mol. The molecular weight excluding hydrogens is 302 g/mol. The van der Waals surface area contributed by atoms with E-state index in [1.807, 2.05) is 31.4 Å². The Morgan fingerprint density at radius 1 is 0.909 bits per heavy atom. The van der Waals surface area contributed by atoms with Crippen molar-refractivity contribution in [2.24, 2.45) is 0 Å². The maximum Gasteiger partial charge on any atom is 0.268 e. The summed E-state index contributed by atoms with van der Waals surface area (Å²) >= 11 is 0. The molecule has 4 nitrogen and oxygen atoms in total.